The van der Waals surface area contributed by atoms with E-state index in [-0.39, 0.29) is 0 Å². The summed E-state index contributed by atoms with van der Waals surface area (Å²) in [6.07, 6.45) is 3.50. The summed E-state index contributed by atoms with van der Waals surface area (Å²) in [5.41, 5.74) is 2.85. The Kier molecular flexibility index (Phi) is 3.39. The van der Waals surface area contributed by atoms with Gasteiger partial charge in [0.1, 0.15) is 17.5 Å². The van der Waals surface area contributed by atoms with Crippen molar-refractivity contribution in [3.63, 3.8) is 0 Å². The van der Waals surface area contributed by atoms with E-state index < -0.39 is 0 Å². The minimum atomic E-state index is 0.450. The summed E-state index contributed by atoms with van der Waals surface area (Å²) >= 11 is 0. The van der Waals surface area contributed by atoms with Gasteiger partial charge in [-0.15, -0.1) is 0 Å². The Bertz CT molecular complexity index is 867. The highest BCUT2D eigenvalue weighted by Gasteiger charge is 2.14. The molecule has 112 valence electrons. The number of nitrogens with one attached hydrogen (secondary N) is 3. The van der Waals surface area contributed by atoms with E-state index in [0.717, 1.165) is 11.4 Å². The molecule has 3 heterocycles. The number of aryl methyl sites for hydroxylation is 2. The Morgan fingerprint density at radius 2 is 2.23 bits per heavy atom. The van der Waals surface area contributed by atoms with Crippen molar-refractivity contribution >= 4 is 28.5 Å². The Labute approximate surface area is 127 Å². The van der Waals surface area contributed by atoms with E-state index >= 15 is 0 Å². The normalized spacial score (nSPS) is 10.6. The van der Waals surface area contributed by atoms with Crippen molar-refractivity contribution in [2.24, 2.45) is 7.05 Å². The third kappa shape index (κ3) is 2.33. The van der Waals surface area contributed by atoms with Crippen molar-refractivity contribution in [1.29, 1.82) is 5.26 Å². The van der Waals surface area contributed by atoms with E-state index in [0.29, 0.717) is 34.9 Å². The minimum absolute atomic E-state index is 0.450. The molecule has 0 saturated heterocycles. The van der Waals surface area contributed by atoms with Crippen LogP contribution in [0.1, 0.15) is 18.2 Å². The number of H-pyrrole nitrogens is 1. The standard InChI is InChI=1S/C14H16N8/c1-4-16-12-11-9(5-15)6-17-13(11)20-14(19-12)18-10-7-22(3)21-8(10)2/h6-7H,4H2,1-3H3,(H3,16,17,18,19,20). The van der Waals surface area contributed by atoms with Gasteiger partial charge in [0.25, 0.3) is 0 Å². The number of aromatic nitrogens is 5. The molecule has 0 aliphatic rings. The highest BCUT2D eigenvalue weighted by Crippen LogP contribution is 2.26. The lowest BCUT2D eigenvalue weighted by molar-refractivity contribution is 0.756. The summed E-state index contributed by atoms with van der Waals surface area (Å²) in [6.45, 7) is 4.59. The molecule has 0 atom stereocenters. The summed E-state index contributed by atoms with van der Waals surface area (Å²) in [7, 11) is 1.86. The monoisotopic (exact) mass is 296 g/mol. The maximum atomic E-state index is 9.18. The van der Waals surface area contributed by atoms with Gasteiger partial charge < -0.3 is 15.6 Å². The van der Waals surface area contributed by atoms with E-state index in [1.807, 2.05) is 27.1 Å². The van der Waals surface area contributed by atoms with E-state index in [1.165, 1.54) is 0 Å². The minimum Gasteiger partial charge on any atom is -0.370 e. The van der Waals surface area contributed by atoms with Crippen LogP contribution in [0.25, 0.3) is 11.0 Å². The second-order valence-electron chi connectivity index (χ2n) is 4.89. The molecule has 0 aliphatic carbocycles. The summed E-state index contributed by atoms with van der Waals surface area (Å²) in [4.78, 5) is 11.9. The molecule has 0 radical (unpaired) electrons. The number of hydrogen-bond donors (Lipinski definition) is 3. The number of fused-ring (bicyclic) bond motifs is 1. The molecule has 0 saturated carbocycles. The molecule has 8 heteroatoms. The predicted molar refractivity (Wildman–Crippen MR) is 84.0 cm³/mol. The molecular formula is C14H16N8. The first kappa shape index (κ1) is 13.9. The first-order chi connectivity index (χ1) is 10.6. The second kappa shape index (κ2) is 5.37. The van der Waals surface area contributed by atoms with Crippen molar-refractivity contribution in [1.82, 2.24) is 24.7 Å². The first-order valence-corrected chi connectivity index (χ1v) is 6.92. The van der Waals surface area contributed by atoms with Gasteiger partial charge in [-0.2, -0.15) is 20.3 Å². The van der Waals surface area contributed by atoms with Gasteiger partial charge in [0.2, 0.25) is 5.95 Å². The smallest absolute Gasteiger partial charge is 0.231 e. The molecule has 3 aromatic heterocycles. The van der Waals surface area contributed by atoms with E-state index in [9.17, 15) is 5.26 Å². The third-order valence-electron chi connectivity index (χ3n) is 3.26. The number of anilines is 3. The summed E-state index contributed by atoms with van der Waals surface area (Å²) < 4.78 is 1.73. The average molecular weight is 296 g/mol. The lowest BCUT2D eigenvalue weighted by Crippen LogP contribution is -2.05. The number of rotatable bonds is 4. The number of nitrogens with zero attached hydrogens (tertiary/aromatic N) is 5. The van der Waals surface area contributed by atoms with E-state index in [4.69, 9.17) is 0 Å². The molecule has 22 heavy (non-hydrogen) atoms. The highest BCUT2D eigenvalue weighted by molar-refractivity contribution is 5.93. The van der Waals surface area contributed by atoms with Gasteiger partial charge in [-0.3, -0.25) is 4.68 Å². The zero-order chi connectivity index (χ0) is 15.7. The van der Waals surface area contributed by atoms with Crippen molar-refractivity contribution in [3.8, 4) is 6.07 Å². The quantitative estimate of drug-likeness (QED) is 0.680. The molecule has 3 N–H and O–H groups in total. The van der Waals surface area contributed by atoms with Crippen LogP contribution in [-0.4, -0.2) is 31.3 Å². The fourth-order valence-electron chi connectivity index (χ4n) is 2.32. The molecule has 0 bridgehead atoms. The van der Waals surface area contributed by atoms with Gasteiger partial charge in [0.05, 0.1) is 22.3 Å². The van der Waals surface area contributed by atoms with E-state index in [1.54, 1.807) is 10.9 Å². The van der Waals surface area contributed by atoms with Crippen LogP contribution in [0.2, 0.25) is 0 Å². The Hall–Kier alpha value is -3.08. The van der Waals surface area contributed by atoms with Crippen LogP contribution in [0, 0.1) is 18.3 Å². The Balaban J connectivity index is 2.07. The fraction of sp³-hybridized carbons (Fsp3) is 0.286. The van der Waals surface area contributed by atoms with Gasteiger partial charge in [-0.25, -0.2) is 0 Å². The first-order valence-electron chi connectivity index (χ1n) is 6.92. The maximum Gasteiger partial charge on any atom is 0.231 e. The largest absolute Gasteiger partial charge is 0.370 e. The van der Waals surface area contributed by atoms with E-state index in [2.05, 4.69) is 36.8 Å². The number of aromatic amines is 1. The second-order valence-corrected chi connectivity index (χ2v) is 4.89. The lowest BCUT2D eigenvalue weighted by Gasteiger charge is -2.08. The number of nitriles is 1. The molecule has 0 fully saturated rings. The third-order valence-corrected chi connectivity index (χ3v) is 3.26. The van der Waals surface area contributed by atoms with Crippen LogP contribution in [0.4, 0.5) is 17.5 Å². The van der Waals surface area contributed by atoms with Crippen LogP contribution < -0.4 is 10.6 Å². The Morgan fingerprint density at radius 1 is 1.41 bits per heavy atom. The Morgan fingerprint density at radius 3 is 2.86 bits per heavy atom. The zero-order valence-electron chi connectivity index (χ0n) is 12.6. The molecule has 0 spiro atoms. The van der Waals surface area contributed by atoms with Crippen LogP contribution in [-0.2, 0) is 7.05 Å². The number of hydrogen-bond acceptors (Lipinski definition) is 6. The average Bonchev–Trinajstić information content (AvgIpc) is 3.02. The van der Waals surface area contributed by atoms with Crippen molar-refractivity contribution in [2.45, 2.75) is 13.8 Å². The fourth-order valence-corrected chi connectivity index (χ4v) is 2.32. The predicted octanol–water partition coefficient (Wildman–Crippen LogP) is 2.05. The van der Waals surface area contributed by atoms with Gasteiger partial charge >= 0.3 is 0 Å². The van der Waals surface area contributed by atoms with Crippen LogP contribution in [0.5, 0.6) is 0 Å². The van der Waals surface area contributed by atoms with Gasteiger partial charge in [0, 0.05) is 26.0 Å². The molecule has 3 aromatic rings. The SMILES string of the molecule is CCNc1nc(Nc2cn(C)nc2C)nc2[nH]cc(C#N)c12. The van der Waals surface area contributed by atoms with Crippen LogP contribution >= 0.6 is 0 Å². The highest BCUT2D eigenvalue weighted by atomic mass is 15.3. The molecule has 0 aliphatic heterocycles. The summed E-state index contributed by atoms with van der Waals surface area (Å²) in [6, 6.07) is 2.15. The molecule has 0 aromatic carbocycles. The lowest BCUT2D eigenvalue weighted by atomic mass is 10.2. The molecule has 8 nitrogen and oxygen atoms in total. The zero-order valence-corrected chi connectivity index (χ0v) is 12.6. The molecule has 0 amide bonds. The molecule has 0 unspecified atom stereocenters. The van der Waals surface area contributed by atoms with Crippen molar-refractivity contribution in [2.75, 3.05) is 17.2 Å². The van der Waals surface area contributed by atoms with Crippen molar-refractivity contribution in [3.05, 3.63) is 23.7 Å². The topological polar surface area (TPSA) is 107 Å². The van der Waals surface area contributed by atoms with Crippen LogP contribution in [0.15, 0.2) is 12.4 Å². The summed E-state index contributed by atoms with van der Waals surface area (Å²) in [5.74, 6) is 1.08. The van der Waals surface area contributed by atoms with Crippen LogP contribution in [0.3, 0.4) is 0 Å². The molecule has 3 rings (SSSR count). The van der Waals surface area contributed by atoms with Gasteiger partial charge in [-0.05, 0) is 13.8 Å². The molecular weight excluding hydrogens is 280 g/mol. The summed E-state index contributed by atoms with van der Waals surface area (Å²) in [5, 5.41) is 20.5. The van der Waals surface area contributed by atoms with Crippen molar-refractivity contribution < 1.29 is 0 Å². The van der Waals surface area contributed by atoms with Gasteiger partial charge in [-0.1, -0.05) is 0 Å². The maximum absolute atomic E-state index is 9.18. The van der Waals surface area contributed by atoms with Gasteiger partial charge in [0.15, 0.2) is 0 Å².